The van der Waals surface area contributed by atoms with Crippen molar-refractivity contribution in [2.75, 3.05) is 0 Å². The van der Waals surface area contributed by atoms with Gasteiger partial charge in [-0.15, -0.1) is 0 Å². The maximum absolute atomic E-state index is 10.2. The first kappa shape index (κ1) is 27.4. The molecule has 3 nitrogen and oxygen atoms in total. The van der Waals surface area contributed by atoms with Crippen LogP contribution in [-0.4, -0.2) is 33.1 Å². The molecule has 0 amide bonds. The van der Waals surface area contributed by atoms with E-state index in [2.05, 4.69) is 51.7 Å². The predicted octanol–water partition coefficient (Wildman–Crippen LogP) is 6.90. The minimum absolute atomic E-state index is 0.346. The van der Waals surface area contributed by atoms with Crippen molar-refractivity contribution in [2.45, 2.75) is 117 Å². The van der Waals surface area contributed by atoms with Crippen LogP contribution in [0.3, 0.4) is 0 Å². The standard InChI is InChI=1S/C31H50O3/c1-7-23(11-8-9-17-30(4,5)34)21(2)27-15-16-28-24(12-10-18-31(27,28)6)13-14-25-19-26(32)20-29(33)22(25)3/h8,11,13-14,21,23,26-29,32-34H,3,7,9-10,12,15-20H2,1-2,4-6H3/b11-8+,24-13+,25-14-/t21-,23+,26+,27?,28?,29-,31+/m0/s1. The average molecular weight is 471 g/mol. The monoisotopic (exact) mass is 470 g/mol. The molecule has 0 bridgehead atoms. The van der Waals surface area contributed by atoms with Gasteiger partial charge in [-0.3, -0.25) is 0 Å². The molecular weight excluding hydrogens is 420 g/mol. The minimum atomic E-state index is -0.621. The van der Waals surface area contributed by atoms with E-state index in [1.165, 1.54) is 32.1 Å². The van der Waals surface area contributed by atoms with Crippen LogP contribution in [0.2, 0.25) is 0 Å². The van der Waals surface area contributed by atoms with Gasteiger partial charge in [0.25, 0.3) is 0 Å². The van der Waals surface area contributed by atoms with Gasteiger partial charge in [0.2, 0.25) is 0 Å². The Hall–Kier alpha value is -1.16. The molecule has 2 unspecified atom stereocenters. The van der Waals surface area contributed by atoms with Crippen molar-refractivity contribution >= 4 is 0 Å². The molecule has 3 fully saturated rings. The van der Waals surface area contributed by atoms with Gasteiger partial charge < -0.3 is 15.3 Å². The number of hydrogen-bond acceptors (Lipinski definition) is 3. The molecule has 34 heavy (non-hydrogen) atoms. The normalized spacial score (nSPS) is 36.9. The number of allylic oxidation sites excluding steroid dienone is 5. The Kier molecular flexibility index (Phi) is 9.09. The zero-order chi connectivity index (χ0) is 25.1. The smallest absolute Gasteiger partial charge is 0.0811 e. The Balaban J connectivity index is 1.73. The Morgan fingerprint density at radius 2 is 1.94 bits per heavy atom. The molecule has 192 valence electrons. The van der Waals surface area contributed by atoms with Crippen molar-refractivity contribution < 1.29 is 15.3 Å². The van der Waals surface area contributed by atoms with Crippen LogP contribution < -0.4 is 0 Å². The maximum atomic E-state index is 10.2. The van der Waals surface area contributed by atoms with Crippen LogP contribution in [-0.2, 0) is 0 Å². The van der Waals surface area contributed by atoms with E-state index < -0.39 is 17.8 Å². The molecule has 0 heterocycles. The highest BCUT2D eigenvalue weighted by molar-refractivity contribution is 5.38. The fourth-order valence-corrected chi connectivity index (χ4v) is 7.30. The van der Waals surface area contributed by atoms with E-state index in [0.717, 1.165) is 36.3 Å². The van der Waals surface area contributed by atoms with Crippen LogP contribution in [0.15, 0.2) is 47.6 Å². The number of aliphatic hydroxyl groups is 3. The molecule has 3 aliphatic carbocycles. The summed E-state index contributed by atoms with van der Waals surface area (Å²) >= 11 is 0. The number of rotatable bonds is 8. The van der Waals surface area contributed by atoms with E-state index >= 15 is 0 Å². The van der Waals surface area contributed by atoms with Crippen molar-refractivity contribution in [1.29, 1.82) is 0 Å². The lowest BCUT2D eigenvalue weighted by Gasteiger charge is -2.45. The van der Waals surface area contributed by atoms with E-state index in [0.29, 0.717) is 36.0 Å². The Bertz CT molecular complexity index is 798. The van der Waals surface area contributed by atoms with Crippen LogP contribution >= 0.6 is 0 Å². The van der Waals surface area contributed by atoms with Crippen LogP contribution in [0.25, 0.3) is 0 Å². The molecule has 3 saturated carbocycles. The summed E-state index contributed by atoms with van der Waals surface area (Å²) in [6.07, 6.45) is 18.3. The lowest BCUT2D eigenvalue weighted by molar-refractivity contribution is 0.0718. The van der Waals surface area contributed by atoms with Gasteiger partial charge >= 0.3 is 0 Å². The van der Waals surface area contributed by atoms with Gasteiger partial charge in [0.15, 0.2) is 0 Å². The highest BCUT2D eigenvalue weighted by Gasteiger charge is 2.51. The Labute approximate surface area is 208 Å². The Morgan fingerprint density at radius 1 is 1.21 bits per heavy atom. The van der Waals surface area contributed by atoms with Crippen molar-refractivity contribution in [3.8, 4) is 0 Å². The summed E-state index contributed by atoms with van der Waals surface area (Å²) in [5, 5.41) is 30.3. The molecule has 0 saturated heterocycles. The summed E-state index contributed by atoms with van der Waals surface area (Å²) in [5.74, 6) is 2.60. The molecule has 3 N–H and O–H groups in total. The molecule has 0 radical (unpaired) electrons. The van der Waals surface area contributed by atoms with Crippen molar-refractivity contribution in [1.82, 2.24) is 0 Å². The fraction of sp³-hybridized carbons (Fsp3) is 0.742. The summed E-state index contributed by atoms with van der Waals surface area (Å²) in [6.45, 7) is 15.2. The second kappa shape index (κ2) is 11.3. The molecule has 3 rings (SSSR count). The summed E-state index contributed by atoms with van der Waals surface area (Å²) in [6, 6.07) is 0. The summed E-state index contributed by atoms with van der Waals surface area (Å²) in [7, 11) is 0. The first-order chi connectivity index (χ1) is 16.0. The second-order valence-electron chi connectivity index (χ2n) is 12.4. The molecule has 3 aliphatic rings. The van der Waals surface area contributed by atoms with E-state index in [1.54, 1.807) is 5.57 Å². The summed E-state index contributed by atoms with van der Waals surface area (Å²) in [4.78, 5) is 0. The third-order valence-corrected chi connectivity index (χ3v) is 9.39. The third kappa shape index (κ3) is 6.33. The van der Waals surface area contributed by atoms with Gasteiger partial charge in [-0.1, -0.05) is 57.2 Å². The maximum Gasteiger partial charge on any atom is 0.0811 e. The largest absolute Gasteiger partial charge is 0.393 e. The highest BCUT2D eigenvalue weighted by Crippen LogP contribution is 2.60. The zero-order valence-electron chi connectivity index (χ0n) is 22.4. The quantitative estimate of drug-likeness (QED) is 0.338. The molecule has 0 spiro atoms. The SMILES string of the molecule is C=C1/C(=C\C=C2/CCC[C@@]3(C)C2CCC3[C@@H](C)[C@@H](/C=C/CCC(C)(C)O)CC)C[C@@H](O)C[C@@H]1O. The van der Waals surface area contributed by atoms with Crippen LogP contribution in [0.1, 0.15) is 98.8 Å². The first-order valence-corrected chi connectivity index (χ1v) is 13.8. The molecule has 0 aliphatic heterocycles. The topological polar surface area (TPSA) is 60.7 Å². The number of aliphatic hydroxyl groups excluding tert-OH is 2. The number of fused-ring (bicyclic) bond motifs is 1. The highest BCUT2D eigenvalue weighted by atomic mass is 16.3. The van der Waals surface area contributed by atoms with E-state index in [9.17, 15) is 15.3 Å². The van der Waals surface area contributed by atoms with Crippen LogP contribution in [0, 0.1) is 29.1 Å². The molecule has 0 aromatic heterocycles. The molecule has 0 aromatic rings. The first-order valence-electron chi connectivity index (χ1n) is 13.8. The van der Waals surface area contributed by atoms with Gasteiger partial charge in [0, 0.05) is 6.42 Å². The lowest BCUT2D eigenvalue weighted by atomic mass is 9.59. The summed E-state index contributed by atoms with van der Waals surface area (Å²) < 4.78 is 0. The average Bonchev–Trinajstić information content (AvgIpc) is 3.11. The van der Waals surface area contributed by atoms with Crippen molar-refractivity contribution in [3.63, 3.8) is 0 Å². The van der Waals surface area contributed by atoms with Crippen molar-refractivity contribution in [3.05, 3.63) is 47.6 Å². The molecule has 7 atom stereocenters. The minimum Gasteiger partial charge on any atom is -0.393 e. The molecule has 0 aromatic carbocycles. The fourth-order valence-electron chi connectivity index (χ4n) is 7.30. The van der Waals surface area contributed by atoms with E-state index in [1.807, 2.05) is 13.8 Å². The van der Waals surface area contributed by atoms with Gasteiger partial charge in [-0.25, -0.2) is 0 Å². The Morgan fingerprint density at radius 3 is 2.62 bits per heavy atom. The number of hydrogen-bond donors (Lipinski definition) is 3. The van der Waals surface area contributed by atoms with Gasteiger partial charge in [0.05, 0.1) is 17.8 Å². The van der Waals surface area contributed by atoms with E-state index in [4.69, 9.17) is 0 Å². The zero-order valence-corrected chi connectivity index (χ0v) is 22.4. The van der Waals surface area contributed by atoms with E-state index in [-0.39, 0.29) is 0 Å². The lowest BCUT2D eigenvalue weighted by Crippen LogP contribution is -2.37. The molecular formula is C31H50O3. The van der Waals surface area contributed by atoms with Gasteiger partial charge in [0.1, 0.15) is 0 Å². The molecule has 3 heteroatoms. The predicted molar refractivity (Wildman–Crippen MR) is 142 cm³/mol. The van der Waals surface area contributed by atoms with Gasteiger partial charge in [-0.05, 0) is 112 Å². The van der Waals surface area contributed by atoms with Crippen LogP contribution in [0.5, 0.6) is 0 Å². The van der Waals surface area contributed by atoms with Gasteiger partial charge in [-0.2, -0.15) is 0 Å². The third-order valence-electron chi connectivity index (χ3n) is 9.39. The van der Waals surface area contributed by atoms with Crippen LogP contribution in [0.4, 0.5) is 0 Å². The van der Waals surface area contributed by atoms with Crippen molar-refractivity contribution in [2.24, 2.45) is 29.1 Å². The second-order valence-corrected chi connectivity index (χ2v) is 12.4. The summed E-state index contributed by atoms with van der Waals surface area (Å²) in [5.41, 5.74) is 3.10.